The number of ether oxygens (including phenoxy) is 2. The summed E-state index contributed by atoms with van der Waals surface area (Å²) in [6.07, 6.45) is 5.16. The van der Waals surface area contributed by atoms with Gasteiger partial charge in [0.2, 0.25) is 0 Å². The number of benzene rings is 3. The van der Waals surface area contributed by atoms with Crippen molar-refractivity contribution in [3.8, 4) is 39.8 Å². The van der Waals surface area contributed by atoms with Crippen LogP contribution in [0.5, 0.6) is 11.5 Å². The Labute approximate surface area is 240 Å². The summed E-state index contributed by atoms with van der Waals surface area (Å²) in [5.41, 5.74) is 4.88. The number of amides is 2. The van der Waals surface area contributed by atoms with Crippen LogP contribution in [0, 0.1) is 5.82 Å². The predicted octanol–water partition coefficient (Wildman–Crippen LogP) is 4.36. The number of carbonyl (C=O) groups is 2. The molecule has 4 bridgehead atoms. The molecular weight excluding hydrogens is 539 g/mol. The Bertz CT molecular complexity index is 1780. The number of imidazole rings is 1. The SMILES string of the molecule is COc1ccc2cc1OCC(=O)NCc1cc(C(=O)N(C)Cc3cn[nH]c3-c3ccc(F)cc3)cc(c1)-n1ccnc1-2. The van der Waals surface area contributed by atoms with Gasteiger partial charge in [-0.2, -0.15) is 5.10 Å². The number of hydrogen-bond acceptors (Lipinski definition) is 6. The summed E-state index contributed by atoms with van der Waals surface area (Å²) < 4.78 is 26.5. The van der Waals surface area contributed by atoms with Crippen molar-refractivity contribution < 1.29 is 23.5 Å². The zero-order valence-corrected chi connectivity index (χ0v) is 22.9. The molecule has 5 aromatic rings. The van der Waals surface area contributed by atoms with Crippen molar-refractivity contribution >= 4 is 11.8 Å². The molecule has 2 N–H and O–H groups in total. The lowest BCUT2D eigenvalue weighted by Crippen LogP contribution is -2.29. The second-order valence-electron chi connectivity index (χ2n) is 9.88. The van der Waals surface area contributed by atoms with Gasteiger partial charge in [-0.15, -0.1) is 0 Å². The van der Waals surface area contributed by atoms with Crippen LogP contribution in [0.1, 0.15) is 21.5 Å². The third-order valence-electron chi connectivity index (χ3n) is 7.02. The fourth-order valence-electron chi connectivity index (χ4n) is 4.93. The van der Waals surface area contributed by atoms with E-state index < -0.39 is 0 Å². The van der Waals surface area contributed by atoms with Crippen LogP contribution in [0.4, 0.5) is 4.39 Å². The van der Waals surface area contributed by atoms with Crippen molar-refractivity contribution in [2.45, 2.75) is 13.1 Å². The summed E-state index contributed by atoms with van der Waals surface area (Å²) in [4.78, 5) is 32.5. The molecule has 0 atom stereocenters. The first-order valence-corrected chi connectivity index (χ1v) is 13.2. The summed E-state index contributed by atoms with van der Waals surface area (Å²) in [6, 6.07) is 16.9. The van der Waals surface area contributed by atoms with E-state index in [0.29, 0.717) is 34.3 Å². The zero-order valence-electron chi connectivity index (χ0n) is 22.9. The number of methoxy groups -OCH3 is 1. The van der Waals surface area contributed by atoms with Gasteiger partial charge >= 0.3 is 0 Å². The third-order valence-corrected chi connectivity index (χ3v) is 7.02. The molecule has 0 spiro atoms. The number of nitrogens with one attached hydrogen (secondary N) is 2. The Hall–Kier alpha value is -5.45. The molecule has 0 saturated carbocycles. The minimum absolute atomic E-state index is 0.190. The van der Waals surface area contributed by atoms with Crippen LogP contribution in [0.2, 0.25) is 0 Å². The highest BCUT2D eigenvalue weighted by Crippen LogP contribution is 2.33. The highest BCUT2D eigenvalue weighted by molar-refractivity contribution is 5.95. The molecule has 0 unspecified atom stereocenters. The van der Waals surface area contributed by atoms with Crippen molar-refractivity contribution in [3.05, 3.63) is 102 Å². The average molecular weight is 567 g/mol. The second-order valence-corrected chi connectivity index (χ2v) is 9.88. The molecule has 42 heavy (non-hydrogen) atoms. The summed E-state index contributed by atoms with van der Waals surface area (Å²) in [6.45, 7) is 0.249. The Balaban J connectivity index is 1.35. The summed E-state index contributed by atoms with van der Waals surface area (Å²) in [7, 11) is 3.24. The van der Waals surface area contributed by atoms with Gasteiger partial charge in [-0.3, -0.25) is 19.3 Å². The molecule has 10 nitrogen and oxygen atoms in total. The van der Waals surface area contributed by atoms with E-state index >= 15 is 0 Å². The molecule has 3 heterocycles. The number of hydrogen-bond donors (Lipinski definition) is 2. The molecule has 212 valence electrons. The van der Waals surface area contributed by atoms with Crippen molar-refractivity contribution in [3.63, 3.8) is 0 Å². The van der Waals surface area contributed by atoms with E-state index in [1.807, 2.05) is 22.9 Å². The first-order chi connectivity index (χ1) is 20.4. The largest absolute Gasteiger partial charge is 0.493 e. The van der Waals surface area contributed by atoms with Crippen LogP contribution < -0.4 is 14.8 Å². The van der Waals surface area contributed by atoms with Gasteiger partial charge in [0.15, 0.2) is 18.1 Å². The summed E-state index contributed by atoms with van der Waals surface area (Å²) in [5, 5.41) is 9.96. The number of carbonyl (C=O) groups excluding carboxylic acids is 2. The highest BCUT2D eigenvalue weighted by atomic mass is 19.1. The number of nitrogens with zero attached hydrogens (tertiary/aromatic N) is 4. The van der Waals surface area contributed by atoms with Crippen molar-refractivity contribution in [2.75, 3.05) is 20.8 Å². The lowest BCUT2D eigenvalue weighted by molar-refractivity contribution is -0.123. The molecule has 1 aliphatic rings. The first-order valence-electron chi connectivity index (χ1n) is 13.2. The number of fused-ring (bicyclic) bond motifs is 7. The molecule has 6 rings (SSSR count). The van der Waals surface area contributed by atoms with Crippen molar-refractivity contribution in [2.24, 2.45) is 0 Å². The molecule has 0 fully saturated rings. The van der Waals surface area contributed by atoms with Gasteiger partial charge in [-0.1, -0.05) is 0 Å². The van der Waals surface area contributed by atoms with E-state index in [1.54, 1.807) is 60.7 Å². The van der Waals surface area contributed by atoms with Gasteiger partial charge in [0.25, 0.3) is 11.8 Å². The van der Waals surface area contributed by atoms with Crippen LogP contribution in [-0.2, 0) is 17.9 Å². The van der Waals surface area contributed by atoms with E-state index in [1.165, 1.54) is 19.2 Å². The predicted molar refractivity (Wildman–Crippen MR) is 153 cm³/mol. The van der Waals surface area contributed by atoms with Crippen LogP contribution >= 0.6 is 0 Å². The van der Waals surface area contributed by atoms with Crippen LogP contribution in [-0.4, -0.2) is 57.2 Å². The molecule has 2 aromatic heterocycles. The Kier molecular flexibility index (Phi) is 7.14. The van der Waals surface area contributed by atoms with E-state index in [-0.39, 0.29) is 37.3 Å². The number of H-pyrrole nitrogens is 1. The van der Waals surface area contributed by atoms with Gasteiger partial charge < -0.3 is 19.7 Å². The van der Waals surface area contributed by atoms with Crippen LogP contribution in [0.15, 0.2) is 79.3 Å². The average Bonchev–Trinajstić information content (AvgIpc) is 3.68. The molecule has 0 aliphatic carbocycles. The Morgan fingerprint density at radius 2 is 1.93 bits per heavy atom. The quantitative estimate of drug-likeness (QED) is 0.327. The summed E-state index contributed by atoms with van der Waals surface area (Å²) in [5.74, 6) is 0.673. The molecule has 0 radical (unpaired) electrons. The highest BCUT2D eigenvalue weighted by Gasteiger charge is 2.20. The topological polar surface area (TPSA) is 114 Å². The maximum atomic E-state index is 13.8. The molecule has 3 aromatic carbocycles. The van der Waals surface area contributed by atoms with E-state index in [0.717, 1.165) is 22.3 Å². The Morgan fingerprint density at radius 1 is 1.12 bits per heavy atom. The molecule has 0 saturated heterocycles. The number of rotatable bonds is 5. The first kappa shape index (κ1) is 26.8. The molecule has 11 heteroatoms. The van der Waals surface area contributed by atoms with E-state index in [2.05, 4.69) is 20.5 Å². The van der Waals surface area contributed by atoms with Crippen molar-refractivity contribution in [1.82, 2.24) is 30.0 Å². The number of halogens is 1. The van der Waals surface area contributed by atoms with E-state index in [9.17, 15) is 14.0 Å². The van der Waals surface area contributed by atoms with Crippen LogP contribution in [0.3, 0.4) is 0 Å². The number of aromatic amines is 1. The lowest BCUT2D eigenvalue weighted by Gasteiger charge is -2.19. The smallest absolute Gasteiger partial charge is 0.258 e. The van der Waals surface area contributed by atoms with Gasteiger partial charge in [0.1, 0.15) is 11.6 Å². The lowest BCUT2D eigenvalue weighted by atomic mass is 10.1. The van der Waals surface area contributed by atoms with Gasteiger partial charge in [0.05, 0.1) is 19.0 Å². The van der Waals surface area contributed by atoms with Crippen molar-refractivity contribution in [1.29, 1.82) is 0 Å². The Morgan fingerprint density at radius 3 is 2.74 bits per heavy atom. The van der Waals surface area contributed by atoms with Crippen LogP contribution in [0.25, 0.3) is 28.3 Å². The minimum Gasteiger partial charge on any atom is -0.493 e. The minimum atomic E-state index is -0.332. The fourth-order valence-corrected chi connectivity index (χ4v) is 4.93. The fraction of sp³-hybridized carbons (Fsp3) is 0.161. The van der Waals surface area contributed by atoms with E-state index in [4.69, 9.17) is 9.47 Å². The zero-order chi connectivity index (χ0) is 29.2. The third kappa shape index (κ3) is 5.31. The summed E-state index contributed by atoms with van der Waals surface area (Å²) >= 11 is 0. The maximum absolute atomic E-state index is 13.8. The maximum Gasteiger partial charge on any atom is 0.258 e. The molecule has 1 aliphatic heterocycles. The standard InChI is InChI=1S/C31H27FN6O4/c1-37(17-23-16-35-36-29(23)20-3-6-24(32)7-4-20)31(40)22-11-19-12-25(13-22)38-10-9-33-30(38)21-5-8-26(41-2)27(14-21)42-18-28(39)34-15-19/h3-14,16H,15,17-18H2,1-2H3,(H,34,39)(H,35,36). The second kappa shape index (κ2) is 11.2. The molecular formula is C31H27FN6O4. The van der Waals surface area contributed by atoms with Gasteiger partial charge in [0, 0.05) is 60.5 Å². The normalized spacial score (nSPS) is 12.6. The number of aromatic nitrogens is 4. The van der Waals surface area contributed by atoms with Gasteiger partial charge in [-0.25, -0.2) is 9.37 Å². The van der Waals surface area contributed by atoms with Gasteiger partial charge in [-0.05, 0) is 66.2 Å². The molecule has 2 amide bonds. The monoisotopic (exact) mass is 566 g/mol.